The molecule has 0 aliphatic carbocycles. The summed E-state index contributed by atoms with van der Waals surface area (Å²) in [6, 6.07) is 7.55. The number of hydrogen-bond donors (Lipinski definition) is 2. The van der Waals surface area contributed by atoms with Crippen molar-refractivity contribution in [1.29, 1.82) is 0 Å². The lowest BCUT2D eigenvalue weighted by Crippen LogP contribution is -2.26. The number of nitrogens with zero attached hydrogens (tertiary/aromatic N) is 6. The molecule has 2 saturated heterocycles. The Hall–Kier alpha value is -4.16. The van der Waals surface area contributed by atoms with Gasteiger partial charge >= 0.3 is 0 Å². The zero-order chi connectivity index (χ0) is 27.6. The summed E-state index contributed by atoms with van der Waals surface area (Å²) in [5.74, 6) is 0.988. The lowest BCUT2D eigenvalue weighted by Gasteiger charge is -2.19. The Morgan fingerprint density at radius 2 is 1.20 bits per heavy atom. The standard InChI is InChI=1S/C26H24Cl2N8O4/c27-23-19(11-31-33-25(23)37)35-7-3-17(13-35)39-21-9-15(1-5-29-21)16-2-6-30-22(10-16)40-18-4-8-36(14-18)20-12-32-34-26(38)24(20)28/h1-2,5-6,9-12,17-18H,3-4,7-8,13-14H2,(H,33,37)(H,34,38)/t17-,18-/m1/s1. The second kappa shape index (κ2) is 11.1. The summed E-state index contributed by atoms with van der Waals surface area (Å²) in [7, 11) is 0. The van der Waals surface area contributed by atoms with E-state index in [0.29, 0.717) is 49.3 Å². The van der Waals surface area contributed by atoms with Crippen LogP contribution in [0.3, 0.4) is 0 Å². The average molecular weight is 583 g/mol. The SMILES string of the molecule is O=c1[nH]ncc(N2CC[C@@H](Oc3cc(-c4ccnc(O[C@@H]5CCN(c6cn[nH]c(=O)c6Cl)C5)c4)ccn3)C2)c1Cl. The number of H-pyrrole nitrogens is 2. The average Bonchev–Trinajstić information content (AvgIpc) is 3.62. The van der Waals surface area contributed by atoms with Gasteiger partial charge in [-0.3, -0.25) is 9.59 Å². The minimum Gasteiger partial charge on any atom is -0.472 e. The zero-order valence-corrected chi connectivity index (χ0v) is 22.6. The molecule has 6 rings (SSSR count). The van der Waals surface area contributed by atoms with Crippen molar-refractivity contribution in [1.82, 2.24) is 30.4 Å². The molecule has 0 saturated carbocycles. The van der Waals surface area contributed by atoms with Crippen LogP contribution in [0.1, 0.15) is 12.8 Å². The molecule has 0 aromatic carbocycles. The topological polar surface area (TPSA) is 142 Å². The molecule has 40 heavy (non-hydrogen) atoms. The Balaban J connectivity index is 1.10. The highest BCUT2D eigenvalue weighted by atomic mass is 35.5. The van der Waals surface area contributed by atoms with E-state index in [1.807, 2.05) is 34.1 Å². The Morgan fingerprint density at radius 1 is 0.750 bits per heavy atom. The molecular formula is C26H24Cl2N8O4. The van der Waals surface area contributed by atoms with Crippen LogP contribution < -0.4 is 30.4 Å². The monoisotopic (exact) mass is 582 g/mol. The van der Waals surface area contributed by atoms with Gasteiger partial charge in [-0.2, -0.15) is 10.2 Å². The van der Waals surface area contributed by atoms with E-state index in [-0.39, 0.29) is 22.3 Å². The maximum absolute atomic E-state index is 11.8. The van der Waals surface area contributed by atoms with Gasteiger partial charge in [0, 0.05) is 50.5 Å². The van der Waals surface area contributed by atoms with Gasteiger partial charge in [-0.15, -0.1) is 0 Å². The third-order valence-corrected chi connectivity index (χ3v) is 7.63. The molecule has 12 nitrogen and oxygen atoms in total. The van der Waals surface area contributed by atoms with E-state index in [0.717, 1.165) is 24.0 Å². The van der Waals surface area contributed by atoms with Crippen molar-refractivity contribution in [2.24, 2.45) is 0 Å². The number of nitrogens with one attached hydrogen (secondary N) is 2. The highest BCUT2D eigenvalue weighted by Gasteiger charge is 2.28. The Bertz CT molecular complexity index is 1530. The molecule has 0 bridgehead atoms. The molecule has 2 atom stereocenters. The van der Waals surface area contributed by atoms with Crippen LogP contribution in [-0.4, -0.2) is 68.7 Å². The number of aromatic amines is 2. The van der Waals surface area contributed by atoms with Crippen LogP contribution in [0.4, 0.5) is 11.4 Å². The van der Waals surface area contributed by atoms with Gasteiger partial charge < -0.3 is 19.3 Å². The van der Waals surface area contributed by atoms with Crippen molar-refractivity contribution < 1.29 is 9.47 Å². The molecule has 4 aromatic heterocycles. The van der Waals surface area contributed by atoms with Crippen molar-refractivity contribution in [3.8, 4) is 22.9 Å². The number of halogens is 2. The third-order valence-electron chi connectivity index (χ3n) is 6.90. The summed E-state index contributed by atoms with van der Waals surface area (Å²) < 4.78 is 12.3. The van der Waals surface area contributed by atoms with E-state index in [4.69, 9.17) is 32.7 Å². The summed E-state index contributed by atoms with van der Waals surface area (Å²) in [5, 5.41) is 12.6. The van der Waals surface area contributed by atoms with Gasteiger partial charge in [0.15, 0.2) is 0 Å². The molecule has 0 radical (unpaired) electrons. The first kappa shape index (κ1) is 26.1. The first-order chi connectivity index (χ1) is 19.4. The number of anilines is 2. The Labute approximate surface area is 237 Å². The summed E-state index contributed by atoms with van der Waals surface area (Å²) in [5.41, 5.74) is 2.15. The van der Waals surface area contributed by atoms with Crippen LogP contribution in [0.25, 0.3) is 11.1 Å². The first-order valence-corrected chi connectivity index (χ1v) is 13.4. The van der Waals surface area contributed by atoms with Crippen LogP contribution in [0, 0.1) is 0 Å². The van der Waals surface area contributed by atoms with Gasteiger partial charge in [-0.1, -0.05) is 23.2 Å². The first-order valence-electron chi connectivity index (χ1n) is 12.7. The van der Waals surface area contributed by atoms with Gasteiger partial charge in [0.25, 0.3) is 11.1 Å². The minimum absolute atomic E-state index is 0.118. The van der Waals surface area contributed by atoms with Crippen LogP contribution in [0.2, 0.25) is 10.0 Å². The van der Waals surface area contributed by atoms with E-state index in [9.17, 15) is 9.59 Å². The number of pyridine rings is 2. The summed E-state index contributed by atoms with van der Waals surface area (Å²) >= 11 is 12.3. The Kier molecular flexibility index (Phi) is 7.27. The molecule has 14 heteroatoms. The molecule has 6 heterocycles. The van der Waals surface area contributed by atoms with Crippen molar-refractivity contribution in [3.63, 3.8) is 0 Å². The van der Waals surface area contributed by atoms with E-state index >= 15 is 0 Å². The molecule has 2 aliphatic heterocycles. The van der Waals surface area contributed by atoms with Crippen molar-refractivity contribution >= 4 is 34.6 Å². The van der Waals surface area contributed by atoms with E-state index < -0.39 is 11.1 Å². The lowest BCUT2D eigenvalue weighted by atomic mass is 10.1. The maximum atomic E-state index is 11.8. The van der Waals surface area contributed by atoms with E-state index in [1.165, 1.54) is 0 Å². The van der Waals surface area contributed by atoms with Crippen LogP contribution in [-0.2, 0) is 0 Å². The molecule has 2 fully saturated rings. The molecular weight excluding hydrogens is 559 g/mol. The molecule has 206 valence electrons. The zero-order valence-electron chi connectivity index (χ0n) is 21.1. The fraction of sp³-hybridized carbons (Fsp3) is 0.308. The van der Waals surface area contributed by atoms with E-state index in [1.54, 1.807) is 24.8 Å². The van der Waals surface area contributed by atoms with Gasteiger partial charge in [-0.25, -0.2) is 20.2 Å². The molecule has 2 aliphatic rings. The van der Waals surface area contributed by atoms with Crippen molar-refractivity contribution in [2.45, 2.75) is 25.0 Å². The fourth-order valence-electron chi connectivity index (χ4n) is 4.92. The molecule has 0 unspecified atom stereocenters. The number of aromatic nitrogens is 6. The highest BCUT2D eigenvalue weighted by Crippen LogP contribution is 2.30. The van der Waals surface area contributed by atoms with Crippen LogP contribution >= 0.6 is 23.2 Å². The third kappa shape index (κ3) is 5.45. The minimum atomic E-state index is -0.418. The smallest absolute Gasteiger partial charge is 0.285 e. The lowest BCUT2D eigenvalue weighted by molar-refractivity contribution is 0.215. The normalized spacial score (nSPS) is 18.8. The summed E-state index contributed by atoms with van der Waals surface area (Å²) in [6.07, 6.45) is 7.75. The number of rotatable bonds is 7. The highest BCUT2D eigenvalue weighted by molar-refractivity contribution is 6.33. The van der Waals surface area contributed by atoms with Crippen molar-refractivity contribution in [2.75, 3.05) is 36.0 Å². The number of ether oxygens (including phenoxy) is 2. The quantitative estimate of drug-likeness (QED) is 0.334. The predicted octanol–water partition coefficient (Wildman–Crippen LogP) is 2.93. The van der Waals surface area contributed by atoms with Gasteiger partial charge in [-0.05, 0) is 23.3 Å². The molecule has 2 N–H and O–H groups in total. The molecule has 0 amide bonds. The second-order valence-corrected chi connectivity index (χ2v) is 10.3. The predicted molar refractivity (Wildman–Crippen MR) is 150 cm³/mol. The van der Waals surface area contributed by atoms with Gasteiger partial charge in [0.05, 0.1) is 36.9 Å². The molecule has 0 spiro atoms. The van der Waals surface area contributed by atoms with Crippen molar-refractivity contribution in [3.05, 3.63) is 79.8 Å². The van der Waals surface area contributed by atoms with E-state index in [2.05, 4.69) is 30.4 Å². The second-order valence-electron chi connectivity index (χ2n) is 9.51. The van der Waals surface area contributed by atoms with Crippen LogP contribution in [0.5, 0.6) is 11.8 Å². The maximum Gasteiger partial charge on any atom is 0.285 e. The number of hydrogen-bond acceptors (Lipinski definition) is 10. The van der Waals surface area contributed by atoms with Crippen LogP contribution in [0.15, 0.2) is 58.6 Å². The van der Waals surface area contributed by atoms with Gasteiger partial charge in [0.1, 0.15) is 22.3 Å². The summed E-state index contributed by atoms with van der Waals surface area (Å²) in [6.45, 7) is 2.48. The summed E-state index contributed by atoms with van der Waals surface area (Å²) in [4.78, 5) is 36.4. The Morgan fingerprint density at radius 3 is 1.65 bits per heavy atom. The fourth-order valence-corrected chi connectivity index (χ4v) is 5.35. The van der Waals surface area contributed by atoms with Gasteiger partial charge in [0.2, 0.25) is 11.8 Å². The molecule has 4 aromatic rings. The largest absolute Gasteiger partial charge is 0.472 e.